The number of rotatable bonds is 4. The molecule has 1 aliphatic rings. The largest absolute Gasteiger partial charge is 0.492 e. The zero-order valence-electron chi connectivity index (χ0n) is 14.5. The molecule has 0 aliphatic carbocycles. The highest BCUT2D eigenvalue weighted by Crippen LogP contribution is 2.28. The molecule has 0 saturated carbocycles. The third-order valence-electron chi connectivity index (χ3n) is 4.46. The van der Waals surface area contributed by atoms with E-state index in [0.29, 0.717) is 24.8 Å². The maximum absolute atomic E-state index is 12.7. The van der Waals surface area contributed by atoms with Gasteiger partial charge in [-0.3, -0.25) is 4.79 Å². The highest BCUT2D eigenvalue weighted by Gasteiger charge is 2.28. The topological polar surface area (TPSA) is 68.5 Å². The predicted molar refractivity (Wildman–Crippen MR) is 95.3 cm³/mol. The average Bonchev–Trinajstić information content (AvgIpc) is 3.16. The molecule has 0 unspecified atom stereocenters. The molecule has 0 fully saturated rings. The van der Waals surface area contributed by atoms with Crippen LogP contribution < -0.4 is 4.74 Å². The van der Waals surface area contributed by atoms with Gasteiger partial charge in [0.1, 0.15) is 12.4 Å². The number of amides is 1. The summed E-state index contributed by atoms with van der Waals surface area (Å²) in [7, 11) is 1.75. The molecule has 0 spiro atoms. The smallest absolute Gasteiger partial charge is 0.247 e. The summed E-state index contributed by atoms with van der Waals surface area (Å²) in [5.41, 5.74) is 1.92. The van der Waals surface area contributed by atoms with E-state index >= 15 is 0 Å². The molecular formula is C20H19N3O3. The fourth-order valence-corrected chi connectivity index (χ4v) is 3.09. The van der Waals surface area contributed by atoms with Crippen molar-refractivity contribution in [1.82, 2.24) is 15.1 Å². The lowest BCUT2D eigenvalue weighted by atomic mass is 9.95. The number of para-hydroxylation sites is 1. The van der Waals surface area contributed by atoms with Gasteiger partial charge in [-0.15, -0.1) is 10.2 Å². The van der Waals surface area contributed by atoms with E-state index in [2.05, 4.69) is 10.2 Å². The van der Waals surface area contributed by atoms with Gasteiger partial charge in [0.15, 0.2) is 0 Å². The van der Waals surface area contributed by atoms with E-state index in [0.717, 1.165) is 16.9 Å². The Balaban J connectivity index is 1.42. The second-order valence-corrected chi connectivity index (χ2v) is 6.38. The second kappa shape index (κ2) is 7.00. The SMILES string of the molecule is CN(Cc1nnc(-c2ccccc2)o1)C(=O)[C@H]1COc2ccccc2C1. The molecule has 6 heteroatoms. The van der Waals surface area contributed by atoms with E-state index in [1.54, 1.807) is 11.9 Å². The lowest BCUT2D eigenvalue weighted by Crippen LogP contribution is -2.38. The van der Waals surface area contributed by atoms with E-state index in [1.807, 2.05) is 54.6 Å². The molecule has 2 heterocycles. The monoisotopic (exact) mass is 349 g/mol. The van der Waals surface area contributed by atoms with Gasteiger partial charge in [0.2, 0.25) is 17.7 Å². The molecule has 0 bridgehead atoms. The van der Waals surface area contributed by atoms with Gasteiger partial charge < -0.3 is 14.1 Å². The van der Waals surface area contributed by atoms with Gasteiger partial charge in [-0.05, 0) is 30.2 Å². The van der Waals surface area contributed by atoms with Gasteiger partial charge in [0.05, 0.1) is 12.5 Å². The molecule has 1 amide bonds. The molecule has 1 aliphatic heterocycles. The van der Waals surface area contributed by atoms with Crippen molar-refractivity contribution in [2.45, 2.75) is 13.0 Å². The Morgan fingerprint density at radius 2 is 1.88 bits per heavy atom. The third-order valence-corrected chi connectivity index (χ3v) is 4.46. The van der Waals surface area contributed by atoms with E-state index in [1.165, 1.54) is 0 Å². The zero-order chi connectivity index (χ0) is 17.9. The minimum absolute atomic E-state index is 0.0129. The van der Waals surface area contributed by atoms with Crippen LogP contribution in [-0.2, 0) is 17.8 Å². The summed E-state index contributed by atoms with van der Waals surface area (Å²) >= 11 is 0. The van der Waals surface area contributed by atoms with Crippen LogP contribution in [0.15, 0.2) is 59.0 Å². The number of carbonyl (C=O) groups is 1. The lowest BCUT2D eigenvalue weighted by molar-refractivity contribution is -0.136. The van der Waals surface area contributed by atoms with Crippen LogP contribution in [-0.4, -0.2) is 34.7 Å². The fourth-order valence-electron chi connectivity index (χ4n) is 3.09. The van der Waals surface area contributed by atoms with Crippen LogP contribution in [0.5, 0.6) is 5.75 Å². The molecule has 3 aromatic rings. The molecule has 4 rings (SSSR count). The lowest BCUT2D eigenvalue weighted by Gasteiger charge is -2.27. The molecule has 1 atom stereocenters. The Morgan fingerprint density at radius 1 is 1.12 bits per heavy atom. The van der Waals surface area contributed by atoms with E-state index < -0.39 is 0 Å². The van der Waals surface area contributed by atoms with Crippen LogP contribution in [0, 0.1) is 5.92 Å². The molecule has 0 radical (unpaired) electrons. The average molecular weight is 349 g/mol. The van der Waals surface area contributed by atoms with E-state index in [9.17, 15) is 4.79 Å². The normalized spacial score (nSPS) is 15.8. The zero-order valence-corrected chi connectivity index (χ0v) is 14.5. The van der Waals surface area contributed by atoms with Gasteiger partial charge in [-0.25, -0.2) is 0 Å². The first-order valence-electron chi connectivity index (χ1n) is 8.54. The summed E-state index contributed by atoms with van der Waals surface area (Å²) in [6.45, 7) is 0.663. The number of hydrogen-bond donors (Lipinski definition) is 0. The van der Waals surface area contributed by atoms with Gasteiger partial charge in [0.25, 0.3) is 0 Å². The van der Waals surface area contributed by atoms with Crippen molar-refractivity contribution in [3.05, 3.63) is 66.1 Å². The quantitative estimate of drug-likeness (QED) is 0.724. The van der Waals surface area contributed by atoms with Crippen LogP contribution in [0.25, 0.3) is 11.5 Å². The Labute approximate surface area is 151 Å². The van der Waals surface area contributed by atoms with E-state index in [-0.39, 0.29) is 18.4 Å². The van der Waals surface area contributed by atoms with Crippen molar-refractivity contribution in [3.63, 3.8) is 0 Å². The van der Waals surface area contributed by atoms with Crippen LogP contribution in [0.3, 0.4) is 0 Å². The first kappa shape index (κ1) is 16.3. The maximum Gasteiger partial charge on any atom is 0.247 e. The van der Waals surface area contributed by atoms with Crippen LogP contribution >= 0.6 is 0 Å². The summed E-state index contributed by atoms with van der Waals surface area (Å²) in [6.07, 6.45) is 0.679. The Kier molecular flexibility index (Phi) is 4.39. The third kappa shape index (κ3) is 3.31. The Morgan fingerprint density at radius 3 is 2.73 bits per heavy atom. The van der Waals surface area contributed by atoms with Crippen molar-refractivity contribution in [2.24, 2.45) is 5.92 Å². The molecule has 26 heavy (non-hydrogen) atoms. The fraction of sp³-hybridized carbons (Fsp3) is 0.250. The standard InChI is InChI=1S/C20H19N3O3/c1-23(12-18-21-22-19(26-18)14-7-3-2-4-8-14)20(24)16-11-15-9-5-6-10-17(15)25-13-16/h2-10,16H,11-13H2,1H3/t16-/m1/s1. The van der Waals surface area contributed by atoms with Gasteiger partial charge in [-0.2, -0.15) is 0 Å². The molecule has 6 nitrogen and oxygen atoms in total. The van der Waals surface area contributed by atoms with E-state index in [4.69, 9.17) is 9.15 Å². The summed E-state index contributed by atoms with van der Waals surface area (Å²) in [5, 5.41) is 8.12. The molecule has 0 saturated heterocycles. The number of carbonyl (C=O) groups excluding carboxylic acids is 1. The molecular weight excluding hydrogens is 330 g/mol. The summed E-state index contributed by atoms with van der Waals surface area (Å²) in [5.74, 6) is 1.54. The van der Waals surface area contributed by atoms with Gasteiger partial charge in [-0.1, -0.05) is 36.4 Å². The van der Waals surface area contributed by atoms with Crippen molar-refractivity contribution in [3.8, 4) is 17.2 Å². The Hall–Kier alpha value is -3.15. The number of aromatic nitrogens is 2. The highest BCUT2D eigenvalue weighted by molar-refractivity contribution is 5.79. The van der Waals surface area contributed by atoms with Crippen LogP contribution in [0.1, 0.15) is 11.5 Å². The number of ether oxygens (including phenoxy) is 1. The number of hydrogen-bond acceptors (Lipinski definition) is 5. The predicted octanol–water partition coefficient (Wildman–Crippen LogP) is 2.95. The highest BCUT2D eigenvalue weighted by atomic mass is 16.5. The minimum atomic E-state index is -0.202. The minimum Gasteiger partial charge on any atom is -0.492 e. The molecule has 1 aromatic heterocycles. The van der Waals surface area contributed by atoms with Crippen LogP contribution in [0.2, 0.25) is 0 Å². The van der Waals surface area contributed by atoms with Crippen LogP contribution in [0.4, 0.5) is 0 Å². The maximum atomic E-state index is 12.7. The first-order chi connectivity index (χ1) is 12.7. The number of benzene rings is 2. The first-order valence-corrected chi connectivity index (χ1v) is 8.54. The van der Waals surface area contributed by atoms with Crippen molar-refractivity contribution in [1.29, 1.82) is 0 Å². The molecule has 132 valence electrons. The Bertz CT molecular complexity index is 907. The number of fused-ring (bicyclic) bond motifs is 1. The second-order valence-electron chi connectivity index (χ2n) is 6.38. The summed E-state index contributed by atoms with van der Waals surface area (Å²) in [4.78, 5) is 14.4. The summed E-state index contributed by atoms with van der Waals surface area (Å²) in [6, 6.07) is 17.4. The van der Waals surface area contributed by atoms with Crippen molar-refractivity contribution in [2.75, 3.05) is 13.7 Å². The van der Waals surface area contributed by atoms with Crippen molar-refractivity contribution >= 4 is 5.91 Å². The van der Waals surface area contributed by atoms with Gasteiger partial charge in [0, 0.05) is 12.6 Å². The van der Waals surface area contributed by atoms with Crippen molar-refractivity contribution < 1.29 is 13.9 Å². The van der Waals surface area contributed by atoms with Gasteiger partial charge >= 0.3 is 0 Å². The molecule has 2 aromatic carbocycles. The summed E-state index contributed by atoms with van der Waals surface area (Å²) < 4.78 is 11.4. The number of nitrogens with zero attached hydrogens (tertiary/aromatic N) is 3. The molecule has 0 N–H and O–H groups in total.